The molecular formula is C22H17ClO. The van der Waals surface area contributed by atoms with E-state index < -0.39 is 0 Å². The van der Waals surface area contributed by atoms with Crippen LogP contribution in [0, 0.1) is 0 Å². The van der Waals surface area contributed by atoms with Crippen molar-refractivity contribution in [1.29, 1.82) is 0 Å². The fourth-order valence-electron chi connectivity index (χ4n) is 3.26. The van der Waals surface area contributed by atoms with E-state index in [0.717, 1.165) is 16.9 Å². The maximum absolute atomic E-state index is 6.94. The molecule has 0 aliphatic carbocycles. The van der Waals surface area contributed by atoms with Crippen LogP contribution in [0.1, 0.15) is 16.5 Å². The summed E-state index contributed by atoms with van der Waals surface area (Å²) in [6.45, 7) is 0. The first-order valence-electron chi connectivity index (χ1n) is 7.96. The molecule has 24 heavy (non-hydrogen) atoms. The zero-order chi connectivity index (χ0) is 16.5. The second-order valence-corrected chi connectivity index (χ2v) is 6.30. The molecule has 0 spiro atoms. The maximum atomic E-state index is 6.94. The van der Waals surface area contributed by atoms with Gasteiger partial charge in [-0.3, -0.25) is 0 Å². The van der Waals surface area contributed by atoms with Crippen molar-refractivity contribution in [3.05, 3.63) is 90.0 Å². The highest BCUT2D eigenvalue weighted by atomic mass is 35.5. The molecule has 1 unspecified atom stereocenters. The van der Waals surface area contributed by atoms with Crippen molar-refractivity contribution in [1.82, 2.24) is 0 Å². The lowest BCUT2D eigenvalue weighted by Crippen LogP contribution is -1.97. The van der Waals surface area contributed by atoms with Crippen LogP contribution in [0.15, 0.2) is 78.9 Å². The van der Waals surface area contributed by atoms with Crippen molar-refractivity contribution in [2.45, 2.75) is 5.38 Å². The smallest absolute Gasteiger partial charge is 0.118 e. The van der Waals surface area contributed by atoms with Gasteiger partial charge in [-0.2, -0.15) is 0 Å². The van der Waals surface area contributed by atoms with Gasteiger partial charge in [-0.15, -0.1) is 11.6 Å². The van der Waals surface area contributed by atoms with E-state index in [2.05, 4.69) is 54.6 Å². The van der Waals surface area contributed by atoms with E-state index in [9.17, 15) is 0 Å². The van der Waals surface area contributed by atoms with Gasteiger partial charge in [0.1, 0.15) is 5.75 Å². The lowest BCUT2D eigenvalue weighted by atomic mass is 9.92. The van der Waals surface area contributed by atoms with Gasteiger partial charge in [0.15, 0.2) is 0 Å². The van der Waals surface area contributed by atoms with E-state index in [0.29, 0.717) is 0 Å². The number of ether oxygens (including phenoxy) is 1. The highest BCUT2D eigenvalue weighted by Crippen LogP contribution is 2.39. The lowest BCUT2D eigenvalue weighted by molar-refractivity contribution is 0.414. The molecule has 2 heteroatoms. The van der Waals surface area contributed by atoms with E-state index in [1.807, 2.05) is 24.3 Å². The third-order valence-corrected chi connectivity index (χ3v) is 4.95. The normalized spacial score (nSPS) is 12.4. The molecule has 0 saturated heterocycles. The van der Waals surface area contributed by atoms with Crippen LogP contribution in [0.5, 0.6) is 5.75 Å². The Labute approximate surface area is 146 Å². The van der Waals surface area contributed by atoms with Gasteiger partial charge in [0.05, 0.1) is 12.5 Å². The number of rotatable bonds is 3. The van der Waals surface area contributed by atoms with Gasteiger partial charge >= 0.3 is 0 Å². The number of methoxy groups -OCH3 is 1. The summed E-state index contributed by atoms with van der Waals surface area (Å²) in [4.78, 5) is 0. The van der Waals surface area contributed by atoms with Crippen LogP contribution in [-0.4, -0.2) is 7.11 Å². The monoisotopic (exact) mass is 332 g/mol. The molecule has 4 aromatic rings. The topological polar surface area (TPSA) is 9.23 Å². The van der Waals surface area contributed by atoms with Gasteiger partial charge in [0, 0.05) is 0 Å². The predicted molar refractivity (Wildman–Crippen MR) is 102 cm³/mol. The Balaban J connectivity index is 1.98. The highest BCUT2D eigenvalue weighted by Gasteiger charge is 2.17. The minimum Gasteiger partial charge on any atom is -0.497 e. The summed E-state index contributed by atoms with van der Waals surface area (Å²) in [6.07, 6.45) is 0. The Kier molecular flexibility index (Phi) is 3.87. The predicted octanol–water partition coefficient (Wildman–Crippen LogP) is 6.33. The van der Waals surface area contributed by atoms with Crippen molar-refractivity contribution in [2.75, 3.05) is 7.11 Å². The van der Waals surface area contributed by atoms with E-state index in [1.165, 1.54) is 21.5 Å². The summed E-state index contributed by atoms with van der Waals surface area (Å²) in [7, 11) is 1.67. The van der Waals surface area contributed by atoms with Crippen molar-refractivity contribution in [3.8, 4) is 5.75 Å². The zero-order valence-corrected chi connectivity index (χ0v) is 14.1. The van der Waals surface area contributed by atoms with Crippen molar-refractivity contribution in [2.24, 2.45) is 0 Å². The molecule has 0 aliphatic rings. The van der Waals surface area contributed by atoms with Gasteiger partial charge < -0.3 is 4.74 Å². The van der Waals surface area contributed by atoms with Crippen molar-refractivity contribution in [3.63, 3.8) is 0 Å². The van der Waals surface area contributed by atoms with Crippen molar-refractivity contribution < 1.29 is 4.74 Å². The van der Waals surface area contributed by atoms with Crippen LogP contribution in [-0.2, 0) is 0 Å². The highest BCUT2D eigenvalue weighted by molar-refractivity contribution is 6.25. The standard InChI is InChI=1S/C22H17ClO/c1-24-18-12-10-15(11-13-18)22(23)21-19-8-4-2-6-16(19)14-17-7-3-5-9-20(17)21/h2-14,22H,1H3. The van der Waals surface area contributed by atoms with E-state index >= 15 is 0 Å². The molecule has 1 atom stereocenters. The quantitative estimate of drug-likeness (QED) is 0.314. The van der Waals surface area contributed by atoms with E-state index in [4.69, 9.17) is 16.3 Å². The maximum Gasteiger partial charge on any atom is 0.118 e. The molecular weight excluding hydrogens is 316 g/mol. The molecule has 0 heterocycles. The number of hydrogen-bond donors (Lipinski definition) is 0. The van der Waals surface area contributed by atoms with Crippen LogP contribution in [0.2, 0.25) is 0 Å². The summed E-state index contributed by atoms with van der Waals surface area (Å²) in [5, 5.41) is 4.61. The molecule has 4 aromatic carbocycles. The number of alkyl halides is 1. The Bertz CT molecular complexity index is 951. The van der Waals surface area contributed by atoms with Gasteiger partial charge in [-0.25, -0.2) is 0 Å². The van der Waals surface area contributed by atoms with Gasteiger partial charge in [-0.05, 0) is 50.9 Å². The van der Waals surface area contributed by atoms with Crippen LogP contribution in [0.3, 0.4) is 0 Å². The molecule has 118 valence electrons. The summed E-state index contributed by atoms with van der Waals surface area (Å²) >= 11 is 6.94. The van der Waals surface area contributed by atoms with Crippen LogP contribution < -0.4 is 4.74 Å². The van der Waals surface area contributed by atoms with Gasteiger partial charge in [0.2, 0.25) is 0 Å². The molecule has 0 aromatic heterocycles. The van der Waals surface area contributed by atoms with Gasteiger partial charge in [0.25, 0.3) is 0 Å². The summed E-state index contributed by atoms with van der Waals surface area (Å²) in [5.41, 5.74) is 2.23. The minimum absolute atomic E-state index is 0.216. The number of fused-ring (bicyclic) bond motifs is 2. The molecule has 0 amide bonds. The summed E-state index contributed by atoms with van der Waals surface area (Å²) < 4.78 is 5.25. The first-order chi connectivity index (χ1) is 11.8. The molecule has 0 fully saturated rings. The van der Waals surface area contributed by atoms with Crippen molar-refractivity contribution >= 4 is 33.1 Å². The number of halogens is 1. The molecule has 0 saturated carbocycles. The number of hydrogen-bond acceptors (Lipinski definition) is 1. The first kappa shape index (κ1) is 15.0. The van der Waals surface area contributed by atoms with E-state index in [-0.39, 0.29) is 5.38 Å². The molecule has 0 radical (unpaired) electrons. The fourth-order valence-corrected chi connectivity index (χ4v) is 3.64. The Morgan fingerprint density at radius 1 is 0.750 bits per heavy atom. The first-order valence-corrected chi connectivity index (χ1v) is 8.40. The third-order valence-electron chi connectivity index (χ3n) is 4.47. The molecule has 0 bridgehead atoms. The lowest BCUT2D eigenvalue weighted by Gasteiger charge is -2.17. The average Bonchev–Trinajstić information content (AvgIpc) is 2.65. The average molecular weight is 333 g/mol. The second kappa shape index (κ2) is 6.18. The third kappa shape index (κ3) is 2.51. The molecule has 1 nitrogen and oxygen atoms in total. The Morgan fingerprint density at radius 2 is 1.29 bits per heavy atom. The second-order valence-electron chi connectivity index (χ2n) is 5.87. The minimum atomic E-state index is -0.216. The molecule has 0 aliphatic heterocycles. The SMILES string of the molecule is COc1ccc(C(Cl)c2c3ccccc3cc3ccccc23)cc1. The van der Waals surface area contributed by atoms with Crippen LogP contribution in [0.4, 0.5) is 0 Å². The van der Waals surface area contributed by atoms with E-state index in [1.54, 1.807) is 7.11 Å². The Morgan fingerprint density at radius 3 is 1.83 bits per heavy atom. The van der Waals surface area contributed by atoms with Gasteiger partial charge in [-0.1, -0.05) is 60.7 Å². The fraction of sp³-hybridized carbons (Fsp3) is 0.0909. The summed E-state index contributed by atoms with van der Waals surface area (Å²) in [5.74, 6) is 0.838. The Hall–Kier alpha value is -2.51. The largest absolute Gasteiger partial charge is 0.497 e. The molecule has 4 rings (SSSR count). The number of benzene rings is 4. The van der Waals surface area contributed by atoms with Crippen LogP contribution in [0.25, 0.3) is 21.5 Å². The molecule has 0 N–H and O–H groups in total. The zero-order valence-electron chi connectivity index (χ0n) is 13.4. The van der Waals surface area contributed by atoms with Crippen LogP contribution >= 0.6 is 11.6 Å². The summed E-state index contributed by atoms with van der Waals surface area (Å²) in [6, 6.07) is 27.1.